The molecular formula is C20H19BrN4O3. The van der Waals surface area contributed by atoms with Crippen LogP contribution in [0.2, 0.25) is 0 Å². The van der Waals surface area contributed by atoms with Gasteiger partial charge in [-0.15, -0.1) is 5.10 Å². The number of hydrogen-bond donors (Lipinski definition) is 2. The fourth-order valence-electron chi connectivity index (χ4n) is 2.64. The lowest BCUT2D eigenvalue weighted by Crippen LogP contribution is -2.14. The quantitative estimate of drug-likeness (QED) is 0.624. The van der Waals surface area contributed by atoms with E-state index in [4.69, 9.17) is 4.74 Å². The van der Waals surface area contributed by atoms with Crippen molar-refractivity contribution in [2.75, 3.05) is 17.7 Å². The van der Waals surface area contributed by atoms with E-state index in [1.807, 2.05) is 25.1 Å². The molecule has 1 aromatic heterocycles. The van der Waals surface area contributed by atoms with Gasteiger partial charge in [-0.2, -0.15) is 0 Å². The van der Waals surface area contributed by atoms with Gasteiger partial charge >= 0.3 is 0 Å². The maximum absolute atomic E-state index is 12.5. The summed E-state index contributed by atoms with van der Waals surface area (Å²) in [6.45, 7) is 1.92. The highest BCUT2D eigenvalue weighted by molar-refractivity contribution is 9.10. The largest absolute Gasteiger partial charge is 0.479 e. The van der Waals surface area contributed by atoms with Crippen LogP contribution in [-0.2, 0) is 7.05 Å². The SMILES string of the molecule is COc1nn(C)cc1C(=O)Nc1ccc(C(=O)Nc2ccc(Br)cc2C)cc1. The molecule has 0 spiro atoms. The molecule has 2 amide bonds. The first-order valence-electron chi connectivity index (χ1n) is 8.44. The van der Waals surface area contributed by atoms with Crippen molar-refractivity contribution >= 4 is 39.1 Å². The van der Waals surface area contributed by atoms with Gasteiger partial charge in [0.25, 0.3) is 11.8 Å². The van der Waals surface area contributed by atoms with Gasteiger partial charge in [-0.25, -0.2) is 0 Å². The highest BCUT2D eigenvalue weighted by Gasteiger charge is 2.16. The topological polar surface area (TPSA) is 85.2 Å². The second-order valence-corrected chi connectivity index (χ2v) is 7.09. The first kappa shape index (κ1) is 19.6. The second-order valence-electron chi connectivity index (χ2n) is 6.17. The van der Waals surface area contributed by atoms with Gasteiger partial charge in [0, 0.05) is 34.7 Å². The van der Waals surface area contributed by atoms with Crippen molar-refractivity contribution in [1.82, 2.24) is 9.78 Å². The van der Waals surface area contributed by atoms with E-state index in [-0.39, 0.29) is 17.7 Å². The van der Waals surface area contributed by atoms with E-state index < -0.39 is 0 Å². The highest BCUT2D eigenvalue weighted by atomic mass is 79.9. The van der Waals surface area contributed by atoms with Crippen LogP contribution in [-0.4, -0.2) is 28.7 Å². The third-order valence-electron chi connectivity index (χ3n) is 4.07. The van der Waals surface area contributed by atoms with Crippen molar-refractivity contribution < 1.29 is 14.3 Å². The first-order chi connectivity index (χ1) is 13.4. The number of hydrogen-bond acceptors (Lipinski definition) is 4. The van der Waals surface area contributed by atoms with Gasteiger partial charge in [0.1, 0.15) is 5.56 Å². The zero-order valence-electron chi connectivity index (χ0n) is 15.6. The molecule has 0 fully saturated rings. The van der Waals surface area contributed by atoms with Crippen molar-refractivity contribution in [3.8, 4) is 5.88 Å². The molecule has 3 rings (SSSR count). The maximum atomic E-state index is 12.5. The molecule has 0 unspecified atom stereocenters. The van der Waals surface area contributed by atoms with Gasteiger partial charge in [-0.1, -0.05) is 15.9 Å². The van der Waals surface area contributed by atoms with E-state index in [9.17, 15) is 9.59 Å². The molecule has 0 bridgehead atoms. The molecule has 0 radical (unpaired) electrons. The first-order valence-corrected chi connectivity index (χ1v) is 9.23. The Hall–Kier alpha value is -3.13. The molecule has 144 valence electrons. The van der Waals surface area contributed by atoms with E-state index in [0.717, 1.165) is 15.7 Å². The Balaban J connectivity index is 1.69. The number of rotatable bonds is 5. The van der Waals surface area contributed by atoms with Crippen molar-refractivity contribution in [3.05, 3.63) is 69.8 Å². The average Bonchev–Trinajstić information content (AvgIpc) is 3.05. The molecular weight excluding hydrogens is 424 g/mol. The number of ether oxygens (including phenoxy) is 1. The number of methoxy groups -OCH3 is 1. The summed E-state index contributed by atoms with van der Waals surface area (Å²) in [7, 11) is 3.17. The predicted octanol–water partition coefficient (Wildman–Crippen LogP) is 4.00. The van der Waals surface area contributed by atoms with Crippen LogP contribution < -0.4 is 15.4 Å². The monoisotopic (exact) mass is 442 g/mol. The molecule has 1 heterocycles. The number of anilines is 2. The molecule has 3 aromatic rings. The zero-order valence-corrected chi connectivity index (χ0v) is 17.2. The summed E-state index contributed by atoms with van der Waals surface area (Å²) < 4.78 is 7.56. The number of nitrogens with one attached hydrogen (secondary N) is 2. The summed E-state index contributed by atoms with van der Waals surface area (Å²) in [5.74, 6) is -0.314. The molecule has 0 aliphatic heterocycles. The number of aromatic nitrogens is 2. The van der Waals surface area contributed by atoms with Crippen LogP contribution in [0.15, 0.2) is 53.1 Å². The van der Waals surface area contributed by atoms with Crippen molar-refractivity contribution in [2.45, 2.75) is 6.92 Å². The van der Waals surface area contributed by atoms with Crippen LogP contribution in [0.3, 0.4) is 0 Å². The minimum atomic E-state index is -0.340. The van der Waals surface area contributed by atoms with Crippen LogP contribution in [0.1, 0.15) is 26.3 Å². The van der Waals surface area contributed by atoms with E-state index in [1.165, 1.54) is 11.8 Å². The molecule has 8 heteroatoms. The number of carbonyl (C=O) groups is 2. The van der Waals surface area contributed by atoms with Crippen LogP contribution >= 0.6 is 15.9 Å². The summed E-state index contributed by atoms with van der Waals surface area (Å²) in [6, 6.07) is 12.3. The van der Waals surface area contributed by atoms with Crippen molar-refractivity contribution in [3.63, 3.8) is 0 Å². The Labute approximate surface area is 170 Å². The Kier molecular flexibility index (Phi) is 5.79. The third kappa shape index (κ3) is 4.40. The highest BCUT2D eigenvalue weighted by Crippen LogP contribution is 2.21. The Morgan fingerprint density at radius 2 is 1.79 bits per heavy atom. The Morgan fingerprint density at radius 1 is 1.07 bits per heavy atom. The Bertz CT molecular complexity index is 1030. The summed E-state index contributed by atoms with van der Waals surface area (Å²) in [5, 5.41) is 9.71. The van der Waals surface area contributed by atoms with Gasteiger partial charge in [-0.3, -0.25) is 14.3 Å². The number of carbonyl (C=O) groups excluding carboxylic acids is 2. The van der Waals surface area contributed by atoms with Crippen molar-refractivity contribution in [2.24, 2.45) is 7.05 Å². The molecule has 0 atom stereocenters. The number of benzene rings is 2. The molecule has 7 nitrogen and oxygen atoms in total. The zero-order chi connectivity index (χ0) is 20.3. The van der Waals surface area contributed by atoms with E-state index in [0.29, 0.717) is 16.8 Å². The summed E-state index contributed by atoms with van der Waals surface area (Å²) in [4.78, 5) is 24.9. The van der Waals surface area contributed by atoms with Gasteiger partial charge in [0.15, 0.2) is 0 Å². The van der Waals surface area contributed by atoms with Crippen LogP contribution in [0.5, 0.6) is 5.88 Å². The van der Waals surface area contributed by atoms with Gasteiger partial charge < -0.3 is 15.4 Å². The fraction of sp³-hybridized carbons (Fsp3) is 0.150. The normalized spacial score (nSPS) is 10.4. The standard InChI is InChI=1S/C20H19BrN4O3/c1-12-10-14(21)6-9-17(12)23-18(26)13-4-7-15(8-5-13)22-19(27)16-11-25(2)24-20(16)28-3/h4-11H,1-3H3,(H,22,27)(H,23,26). The third-order valence-corrected chi connectivity index (χ3v) is 4.57. The number of aryl methyl sites for hydroxylation is 2. The summed E-state index contributed by atoms with van der Waals surface area (Å²) in [6.07, 6.45) is 1.58. The number of amides is 2. The second kappa shape index (κ2) is 8.26. The van der Waals surface area contributed by atoms with E-state index in [1.54, 1.807) is 37.5 Å². The minimum Gasteiger partial charge on any atom is -0.479 e. The number of halogens is 1. The fourth-order valence-corrected chi connectivity index (χ4v) is 3.12. The molecule has 2 N–H and O–H groups in total. The van der Waals surface area contributed by atoms with Gasteiger partial charge in [0.2, 0.25) is 5.88 Å². The lowest BCUT2D eigenvalue weighted by atomic mass is 10.1. The van der Waals surface area contributed by atoms with Crippen molar-refractivity contribution in [1.29, 1.82) is 0 Å². The van der Waals surface area contributed by atoms with Crippen LogP contribution in [0.4, 0.5) is 11.4 Å². The molecule has 0 saturated heterocycles. The van der Waals surface area contributed by atoms with Gasteiger partial charge in [-0.05, 0) is 55.0 Å². The average molecular weight is 443 g/mol. The Morgan fingerprint density at radius 3 is 2.43 bits per heavy atom. The summed E-state index contributed by atoms with van der Waals surface area (Å²) >= 11 is 3.40. The predicted molar refractivity (Wildman–Crippen MR) is 111 cm³/mol. The summed E-state index contributed by atoms with van der Waals surface area (Å²) in [5.41, 5.74) is 3.08. The minimum absolute atomic E-state index is 0.225. The molecule has 0 aliphatic carbocycles. The molecule has 0 aliphatic rings. The van der Waals surface area contributed by atoms with E-state index in [2.05, 4.69) is 31.7 Å². The van der Waals surface area contributed by atoms with Crippen LogP contribution in [0.25, 0.3) is 0 Å². The van der Waals surface area contributed by atoms with E-state index >= 15 is 0 Å². The molecule has 2 aromatic carbocycles. The van der Waals surface area contributed by atoms with Crippen LogP contribution in [0, 0.1) is 6.92 Å². The number of nitrogens with zero attached hydrogens (tertiary/aromatic N) is 2. The molecule has 28 heavy (non-hydrogen) atoms. The maximum Gasteiger partial charge on any atom is 0.262 e. The lowest BCUT2D eigenvalue weighted by molar-refractivity contribution is 0.101. The lowest BCUT2D eigenvalue weighted by Gasteiger charge is -2.10. The smallest absolute Gasteiger partial charge is 0.262 e. The molecule has 0 saturated carbocycles. The van der Waals surface area contributed by atoms with Gasteiger partial charge in [0.05, 0.1) is 7.11 Å².